The molecule has 1 aromatic heterocycles. The lowest BCUT2D eigenvalue weighted by Gasteiger charge is -2.36. The molecule has 0 bridgehead atoms. The fourth-order valence-electron chi connectivity index (χ4n) is 3.89. The van der Waals surface area contributed by atoms with Crippen LogP contribution in [0, 0.1) is 12.3 Å². The Morgan fingerprint density at radius 1 is 1.31 bits per heavy atom. The summed E-state index contributed by atoms with van der Waals surface area (Å²) in [6.07, 6.45) is 3.49. The molecule has 14 heteroatoms. The average molecular weight is 566 g/mol. The maximum absolute atomic E-state index is 13.8. The number of aromatic nitrogens is 2. The van der Waals surface area contributed by atoms with Crippen molar-refractivity contribution in [1.82, 2.24) is 14.6 Å². The summed E-state index contributed by atoms with van der Waals surface area (Å²) in [5, 5.41) is 24.6. The third kappa shape index (κ3) is 6.33. The van der Waals surface area contributed by atoms with Gasteiger partial charge in [0.25, 0.3) is 5.56 Å². The van der Waals surface area contributed by atoms with Crippen LogP contribution in [0.1, 0.15) is 34.1 Å². The molecule has 212 valence electrons. The molecule has 0 aliphatic carbocycles. The minimum absolute atomic E-state index is 0.147. The van der Waals surface area contributed by atoms with Gasteiger partial charge in [0, 0.05) is 12.3 Å². The number of nitrogens with zero attached hydrogens (tertiary/aromatic N) is 1. The molecule has 39 heavy (non-hydrogen) atoms. The number of aliphatic hydroxyl groups excluding tert-OH is 1. The van der Waals surface area contributed by atoms with E-state index in [1.165, 1.54) is 26.0 Å². The Morgan fingerprint density at radius 2 is 1.97 bits per heavy atom. The summed E-state index contributed by atoms with van der Waals surface area (Å²) >= 11 is 0. The number of H-pyrrole nitrogens is 1. The number of ether oxygens (including phenoxy) is 2. The molecule has 2 heterocycles. The zero-order chi connectivity index (χ0) is 29.0. The molecule has 1 unspecified atom stereocenters. The van der Waals surface area contributed by atoms with Crippen LogP contribution in [0.15, 0.2) is 52.2 Å². The van der Waals surface area contributed by atoms with Gasteiger partial charge in [0.15, 0.2) is 5.72 Å². The number of nitrogens with one attached hydrogen (secondary N) is 2. The summed E-state index contributed by atoms with van der Waals surface area (Å²) in [6, 6.07) is 7.87. The Labute approximate surface area is 224 Å². The fraction of sp³-hybridized carbons (Fsp3) is 0.480. The standard InChI is InChI=1S/C25H32N3O10P/c1-6-16(3)36-22(31)17(4)27-39(34,38-18-11-9-8-10-12-18)35-15-19-21(30)25(33,7-2)24(5,37-19)28-14-13-20(29)26-23(28)32/h2,8-14,16-17,19,21,30,33H,6,15H2,1,3-5H3,(H,27,34)(H,26,29,32)/t16-,17-,19+,21+,24+,25+,39?/m0/s1. The smallest absolute Gasteiger partial charge is 0.459 e. The number of rotatable bonds is 11. The lowest BCUT2D eigenvalue weighted by atomic mass is 9.87. The predicted molar refractivity (Wildman–Crippen MR) is 139 cm³/mol. The molecule has 3 rings (SSSR count). The zero-order valence-corrected chi connectivity index (χ0v) is 22.8. The van der Waals surface area contributed by atoms with Gasteiger partial charge in [0.1, 0.15) is 24.0 Å². The van der Waals surface area contributed by atoms with Crippen molar-refractivity contribution in [1.29, 1.82) is 0 Å². The van der Waals surface area contributed by atoms with E-state index in [-0.39, 0.29) is 11.9 Å². The summed E-state index contributed by atoms with van der Waals surface area (Å²) in [5.74, 6) is 1.50. The van der Waals surface area contributed by atoms with Crippen molar-refractivity contribution in [3.05, 3.63) is 63.4 Å². The minimum atomic E-state index is -4.35. The van der Waals surface area contributed by atoms with Gasteiger partial charge in [-0.1, -0.05) is 31.0 Å². The minimum Gasteiger partial charge on any atom is -0.462 e. The van der Waals surface area contributed by atoms with E-state index < -0.39 is 61.1 Å². The van der Waals surface area contributed by atoms with Gasteiger partial charge in [0.2, 0.25) is 5.60 Å². The second-order valence-corrected chi connectivity index (χ2v) is 10.9. The zero-order valence-electron chi connectivity index (χ0n) is 21.9. The Balaban J connectivity index is 1.87. The largest absolute Gasteiger partial charge is 0.462 e. The first-order valence-electron chi connectivity index (χ1n) is 12.1. The first-order valence-corrected chi connectivity index (χ1v) is 13.7. The Morgan fingerprint density at radius 3 is 2.56 bits per heavy atom. The summed E-state index contributed by atoms with van der Waals surface area (Å²) in [5.41, 5.74) is -6.20. The maximum atomic E-state index is 13.8. The van der Waals surface area contributed by atoms with E-state index in [4.69, 9.17) is 24.9 Å². The van der Waals surface area contributed by atoms with Gasteiger partial charge in [-0.3, -0.25) is 23.7 Å². The average Bonchev–Trinajstić information content (AvgIpc) is 3.09. The number of carbonyl (C=O) groups excluding carboxylic acids is 1. The maximum Gasteiger partial charge on any atom is 0.459 e. The number of hydrogen-bond donors (Lipinski definition) is 4. The molecule has 1 aromatic carbocycles. The van der Waals surface area contributed by atoms with Crippen LogP contribution in [-0.4, -0.2) is 62.3 Å². The third-order valence-corrected chi connectivity index (χ3v) is 7.99. The number of benzene rings is 1. The molecule has 13 nitrogen and oxygen atoms in total. The first-order chi connectivity index (χ1) is 18.3. The number of aliphatic hydroxyl groups is 2. The highest BCUT2D eigenvalue weighted by Gasteiger charge is 2.64. The molecular formula is C25H32N3O10P. The van der Waals surface area contributed by atoms with Gasteiger partial charge in [-0.25, -0.2) is 9.36 Å². The van der Waals surface area contributed by atoms with Crippen molar-refractivity contribution < 1.29 is 38.1 Å². The van der Waals surface area contributed by atoms with Crippen LogP contribution in [-0.2, 0) is 29.1 Å². The van der Waals surface area contributed by atoms with Crippen LogP contribution in [0.4, 0.5) is 0 Å². The molecule has 4 N–H and O–H groups in total. The van der Waals surface area contributed by atoms with Gasteiger partial charge in [-0.2, -0.15) is 5.09 Å². The molecule has 0 spiro atoms. The summed E-state index contributed by atoms with van der Waals surface area (Å²) in [6.45, 7) is 5.52. The van der Waals surface area contributed by atoms with Crippen molar-refractivity contribution in [2.24, 2.45) is 0 Å². The highest BCUT2D eigenvalue weighted by atomic mass is 31.2. The number of terminal acetylenes is 1. The molecule has 0 amide bonds. The molecule has 2 aromatic rings. The number of esters is 1. The van der Waals surface area contributed by atoms with Crippen molar-refractivity contribution >= 4 is 13.7 Å². The van der Waals surface area contributed by atoms with E-state index in [0.717, 1.165) is 16.8 Å². The van der Waals surface area contributed by atoms with Crippen molar-refractivity contribution in [3.63, 3.8) is 0 Å². The van der Waals surface area contributed by atoms with E-state index in [0.29, 0.717) is 6.42 Å². The van der Waals surface area contributed by atoms with Gasteiger partial charge >= 0.3 is 19.4 Å². The first kappa shape index (κ1) is 30.3. The second-order valence-electron chi connectivity index (χ2n) is 9.18. The number of aromatic amines is 1. The lowest BCUT2D eigenvalue weighted by molar-refractivity contribution is -0.161. The molecule has 1 aliphatic heterocycles. The molecular weight excluding hydrogens is 533 g/mol. The highest BCUT2D eigenvalue weighted by molar-refractivity contribution is 7.52. The predicted octanol–water partition coefficient (Wildman–Crippen LogP) is 0.857. The molecule has 0 saturated carbocycles. The summed E-state index contributed by atoms with van der Waals surface area (Å²) < 4.78 is 36.8. The lowest BCUT2D eigenvalue weighted by Crippen LogP contribution is -2.58. The van der Waals surface area contributed by atoms with E-state index in [1.54, 1.807) is 25.1 Å². The van der Waals surface area contributed by atoms with Crippen molar-refractivity contribution in [3.8, 4) is 18.1 Å². The Hall–Kier alpha value is -3.24. The van der Waals surface area contributed by atoms with Crippen molar-refractivity contribution in [2.75, 3.05) is 6.61 Å². The van der Waals surface area contributed by atoms with Crippen LogP contribution >= 0.6 is 7.75 Å². The van der Waals surface area contributed by atoms with Gasteiger partial charge in [0.05, 0.1) is 12.7 Å². The SMILES string of the molecule is C#C[C@@]1(O)[C@H](O)[C@@H](COP(=O)(N[C@@H](C)C(=O)O[C@@H](C)CC)Oc2ccccc2)O[C@@]1(C)n1ccc(=O)[nH]c1=O. The van der Waals surface area contributed by atoms with Gasteiger partial charge in [-0.05, 0) is 39.3 Å². The normalized spacial score (nSPS) is 27.6. The van der Waals surface area contributed by atoms with E-state index >= 15 is 0 Å². The molecule has 1 fully saturated rings. The van der Waals surface area contributed by atoms with Gasteiger partial charge < -0.3 is 24.2 Å². The number of carbonyl (C=O) groups is 1. The second kappa shape index (κ2) is 11.9. The molecule has 7 atom stereocenters. The Bertz CT molecular complexity index is 1370. The Kier molecular flexibility index (Phi) is 9.23. The molecule has 1 saturated heterocycles. The summed E-state index contributed by atoms with van der Waals surface area (Å²) in [4.78, 5) is 38.5. The highest BCUT2D eigenvalue weighted by Crippen LogP contribution is 2.48. The number of hydrogen-bond acceptors (Lipinski definition) is 10. The fourth-order valence-corrected chi connectivity index (χ4v) is 5.39. The van der Waals surface area contributed by atoms with Crippen LogP contribution in [0.25, 0.3) is 0 Å². The van der Waals surface area contributed by atoms with E-state index in [1.807, 2.05) is 11.9 Å². The van der Waals surface area contributed by atoms with Crippen LogP contribution in [0.5, 0.6) is 5.75 Å². The van der Waals surface area contributed by atoms with Crippen LogP contribution in [0.3, 0.4) is 0 Å². The van der Waals surface area contributed by atoms with E-state index in [9.17, 15) is 29.2 Å². The van der Waals surface area contributed by atoms with Crippen molar-refractivity contribution in [2.45, 2.75) is 69.8 Å². The van der Waals surface area contributed by atoms with Crippen LogP contribution in [0.2, 0.25) is 0 Å². The monoisotopic (exact) mass is 565 g/mol. The number of para-hydroxylation sites is 1. The third-order valence-electron chi connectivity index (χ3n) is 6.35. The van der Waals surface area contributed by atoms with Crippen LogP contribution < -0.4 is 20.9 Å². The topological polar surface area (TPSA) is 178 Å². The van der Waals surface area contributed by atoms with E-state index in [2.05, 4.69) is 11.0 Å². The summed E-state index contributed by atoms with van der Waals surface area (Å²) in [7, 11) is -4.35. The molecule has 0 radical (unpaired) electrons. The quantitative estimate of drug-likeness (QED) is 0.173. The molecule has 1 aliphatic rings. The van der Waals surface area contributed by atoms with Gasteiger partial charge in [-0.15, -0.1) is 6.42 Å².